The molecule has 0 N–H and O–H groups in total. The van der Waals surface area contributed by atoms with Crippen LogP contribution in [0, 0.1) is 0 Å². The van der Waals surface area contributed by atoms with E-state index in [2.05, 4.69) is 13.8 Å². The van der Waals surface area contributed by atoms with Gasteiger partial charge in [0.15, 0.2) is 0 Å². The molecule has 0 aliphatic carbocycles. The van der Waals surface area contributed by atoms with Crippen molar-refractivity contribution in [2.45, 2.75) is 38.4 Å². The zero-order valence-electron chi connectivity index (χ0n) is 7.78. The molecular weight excluding hydrogens is 192 g/mol. The molecule has 1 fully saturated rings. The Labute approximate surface area is 82.2 Å². The van der Waals surface area contributed by atoms with Gasteiger partial charge in [0.1, 0.15) is 11.5 Å². The molecule has 0 bridgehead atoms. The molecule has 2 nitrogen and oxygen atoms in total. The van der Waals surface area contributed by atoms with Crippen molar-refractivity contribution in [3.05, 3.63) is 0 Å². The van der Waals surface area contributed by atoms with E-state index in [-0.39, 0.29) is 11.5 Å². The molecule has 0 aromatic rings. The van der Waals surface area contributed by atoms with E-state index in [0.717, 1.165) is 12.4 Å². The molecule has 1 rings (SSSR count). The third-order valence-electron chi connectivity index (χ3n) is 1.49. The Morgan fingerprint density at radius 3 is 2.83 bits per heavy atom. The number of rotatable bonds is 4. The van der Waals surface area contributed by atoms with Gasteiger partial charge in [-0.25, -0.2) is 0 Å². The summed E-state index contributed by atoms with van der Waals surface area (Å²) < 4.78 is 11.2. The second-order valence-corrected chi connectivity index (χ2v) is 5.44. The Kier molecular flexibility index (Phi) is 4.79. The molecule has 1 aliphatic heterocycles. The molecule has 0 spiro atoms. The lowest BCUT2D eigenvalue weighted by Crippen LogP contribution is -2.28. The van der Waals surface area contributed by atoms with Gasteiger partial charge in [0.25, 0.3) is 0 Å². The molecule has 1 heterocycles. The van der Waals surface area contributed by atoms with E-state index >= 15 is 0 Å². The fourth-order valence-corrected chi connectivity index (χ4v) is 3.89. The first-order chi connectivity index (χ1) is 5.74. The highest BCUT2D eigenvalue weighted by Crippen LogP contribution is 2.40. The average molecular weight is 208 g/mol. The maximum absolute atomic E-state index is 5.69. The highest BCUT2D eigenvalue weighted by atomic mass is 33.1. The van der Waals surface area contributed by atoms with Crippen LogP contribution in [0.3, 0.4) is 0 Å². The van der Waals surface area contributed by atoms with Crippen LogP contribution in [0.5, 0.6) is 0 Å². The third-order valence-corrected chi connectivity index (χ3v) is 4.08. The predicted molar refractivity (Wildman–Crippen MR) is 55.5 cm³/mol. The summed E-state index contributed by atoms with van der Waals surface area (Å²) in [4.78, 5) is 0. The van der Waals surface area contributed by atoms with Gasteiger partial charge in [0, 0.05) is 12.4 Å². The molecule has 12 heavy (non-hydrogen) atoms. The second kappa shape index (κ2) is 5.37. The minimum atomic E-state index is 0.231. The minimum Gasteiger partial charge on any atom is -0.374 e. The summed E-state index contributed by atoms with van der Waals surface area (Å²) in [5.41, 5.74) is 0.231. The van der Waals surface area contributed by atoms with E-state index in [1.807, 2.05) is 17.7 Å². The van der Waals surface area contributed by atoms with Crippen molar-refractivity contribution in [2.24, 2.45) is 0 Å². The lowest BCUT2D eigenvalue weighted by atomic mass is 10.4. The summed E-state index contributed by atoms with van der Waals surface area (Å²) in [6, 6.07) is 0. The van der Waals surface area contributed by atoms with Crippen LogP contribution in [0.2, 0.25) is 0 Å². The Morgan fingerprint density at radius 1 is 1.50 bits per heavy atom. The summed E-state index contributed by atoms with van der Waals surface area (Å²) in [5.74, 6) is 1.05. The van der Waals surface area contributed by atoms with Crippen LogP contribution in [0.4, 0.5) is 0 Å². The standard InChI is InChI=1S/C8H16O2S2/c1-4-9-7-5-11-12-8(7)10-6(2)3/h6-8H,4-5H2,1-3H3. The fourth-order valence-electron chi connectivity index (χ4n) is 1.03. The summed E-state index contributed by atoms with van der Waals surface area (Å²) >= 11 is 0. The second-order valence-electron chi connectivity index (χ2n) is 2.93. The van der Waals surface area contributed by atoms with Crippen molar-refractivity contribution in [1.29, 1.82) is 0 Å². The molecular formula is C8H16O2S2. The maximum Gasteiger partial charge on any atom is 0.140 e. The van der Waals surface area contributed by atoms with Gasteiger partial charge in [-0.3, -0.25) is 0 Å². The van der Waals surface area contributed by atoms with Gasteiger partial charge in [-0.1, -0.05) is 21.6 Å². The third kappa shape index (κ3) is 3.17. The van der Waals surface area contributed by atoms with E-state index < -0.39 is 0 Å². The Bertz CT molecular complexity index is 130. The number of ether oxygens (including phenoxy) is 2. The van der Waals surface area contributed by atoms with Gasteiger partial charge >= 0.3 is 0 Å². The first kappa shape index (κ1) is 10.7. The fraction of sp³-hybridized carbons (Fsp3) is 1.00. The van der Waals surface area contributed by atoms with Crippen molar-refractivity contribution < 1.29 is 9.47 Å². The van der Waals surface area contributed by atoms with Crippen LogP contribution in [0.25, 0.3) is 0 Å². The molecule has 1 saturated heterocycles. The summed E-state index contributed by atoms with van der Waals surface area (Å²) in [5, 5.41) is 0. The Hall–Kier alpha value is 0.620. The van der Waals surface area contributed by atoms with Crippen molar-refractivity contribution >= 4 is 21.6 Å². The Morgan fingerprint density at radius 2 is 2.25 bits per heavy atom. The van der Waals surface area contributed by atoms with Gasteiger partial charge < -0.3 is 9.47 Å². The molecule has 0 amide bonds. The molecule has 0 aromatic heterocycles. The molecule has 0 radical (unpaired) electrons. The highest BCUT2D eigenvalue weighted by Gasteiger charge is 2.30. The summed E-state index contributed by atoms with van der Waals surface area (Å²) in [6.45, 7) is 6.93. The van der Waals surface area contributed by atoms with Crippen LogP contribution in [-0.4, -0.2) is 30.0 Å². The first-order valence-electron chi connectivity index (χ1n) is 4.29. The molecule has 0 saturated carbocycles. The number of hydrogen-bond donors (Lipinski definition) is 0. The van der Waals surface area contributed by atoms with Gasteiger partial charge in [0.2, 0.25) is 0 Å². The maximum atomic E-state index is 5.69. The van der Waals surface area contributed by atoms with Gasteiger partial charge in [-0.2, -0.15) is 0 Å². The Balaban J connectivity index is 2.30. The SMILES string of the molecule is CCOC1CSSC1OC(C)C. The molecule has 1 aliphatic rings. The van der Waals surface area contributed by atoms with Crippen LogP contribution in [-0.2, 0) is 9.47 Å². The van der Waals surface area contributed by atoms with Crippen LogP contribution in [0.1, 0.15) is 20.8 Å². The minimum absolute atomic E-state index is 0.231. The van der Waals surface area contributed by atoms with Gasteiger partial charge in [-0.05, 0) is 20.8 Å². The summed E-state index contributed by atoms with van der Waals surface area (Å²) in [6.07, 6.45) is 0.580. The predicted octanol–water partition coefficient (Wildman–Crippen LogP) is 2.54. The van der Waals surface area contributed by atoms with Crippen molar-refractivity contribution in [3.63, 3.8) is 0 Å². The summed E-state index contributed by atoms with van der Waals surface area (Å²) in [7, 11) is 3.63. The van der Waals surface area contributed by atoms with E-state index in [1.54, 1.807) is 10.8 Å². The van der Waals surface area contributed by atoms with E-state index in [0.29, 0.717) is 6.10 Å². The molecule has 72 valence electrons. The normalized spacial score (nSPS) is 30.0. The topological polar surface area (TPSA) is 18.5 Å². The molecule has 0 aromatic carbocycles. The first-order valence-corrected chi connectivity index (χ1v) is 6.67. The van der Waals surface area contributed by atoms with Crippen molar-refractivity contribution in [3.8, 4) is 0 Å². The van der Waals surface area contributed by atoms with Crippen LogP contribution < -0.4 is 0 Å². The molecule has 4 heteroatoms. The smallest absolute Gasteiger partial charge is 0.140 e. The number of hydrogen-bond acceptors (Lipinski definition) is 4. The average Bonchev–Trinajstić information content (AvgIpc) is 2.37. The van der Waals surface area contributed by atoms with Gasteiger partial charge in [0.05, 0.1) is 6.10 Å². The van der Waals surface area contributed by atoms with E-state index in [4.69, 9.17) is 9.47 Å². The molecule has 2 atom stereocenters. The van der Waals surface area contributed by atoms with Gasteiger partial charge in [-0.15, -0.1) is 0 Å². The highest BCUT2D eigenvalue weighted by molar-refractivity contribution is 8.77. The monoisotopic (exact) mass is 208 g/mol. The quantitative estimate of drug-likeness (QED) is 0.661. The largest absolute Gasteiger partial charge is 0.374 e. The van der Waals surface area contributed by atoms with Crippen LogP contribution in [0.15, 0.2) is 0 Å². The van der Waals surface area contributed by atoms with Crippen molar-refractivity contribution in [2.75, 3.05) is 12.4 Å². The van der Waals surface area contributed by atoms with E-state index in [1.165, 1.54) is 0 Å². The van der Waals surface area contributed by atoms with Crippen molar-refractivity contribution in [1.82, 2.24) is 0 Å². The zero-order chi connectivity index (χ0) is 8.97. The lowest BCUT2D eigenvalue weighted by Gasteiger charge is -2.20. The zero-order valence-corrected chi connectivity index (χ0v) is 9.41. The molecule has 2 unspecified atom stereocenters. The lowest BCUT2D eigenvalue weighted by molar-refractivity contribution is -0.0363. The van der Waals surface area contributed by atoms with E-state index in [9.17, 15) is 0 Å². The van der Waals surface area contributed by atoms with Crippen LogP contribution >= 0.6 is 21.6 Å².